The number of H-pyrrole nitrogens is 1. The zero-order valence-corrected chi connectivity index (χ0v) is 16.7. The van der Waals surface area contributed by atoms with E-state index in [1.54, 1.807) is 49.7 Å². The van der Waals surface area contributed by atoms with Crippen LogP contribution in [0, 0.1) is 5.82 Å². The third-order valence-electron chi connectivity index (χ3n) is 5.06. The van der Waals surface area contributed by atoms with Crippen molar-refractivity contribution >= 4 is 16.8 Å². The van der Waals surface area contributed by atoms with Gasteiger partial charge >= 0.3 is 0 Å². The Bertz CT molecular complexity index is 1190. The van der Waals surface area contributed by atoms with Crippen molar-refractivity contribution in [3.05, 3.63) is 78.1 Å². The first-order valence-electron chi connectivity index (χ1n) is 9.53. The molecule has 0 atom stereocenters. The Morgan fingerprint density at radius 2 is 2.07 bits per heavy atom. The number of nitrogens with one attached hydrogen (secondary N) is 1. The minimum Gasteiger partial charge on any atom is -0.481 e. The van der Waals surface area contributed by atoms with Gasteiger partial charge in [0.2, 0.25) is 5.88 Å². The van der Waals surface area contributed by atoms with Gasteiger partial charge in [-0.25, -0.2) is 9.37 Å². The van der Waals surface area contributed by atoms with Crippen LogP contribution in [0.2, 0.25) is 0 Å². The molecule has 0 unspecified atom stereocenters. The summed E-state index contributed by atoms with van der Waals surface area (Å²) in [4.78, 5) is 26.4. The summed E-state index contributed by atoms with van der Waals surface area (Å²) in [5.41, 5.74) is 3.69. The average Bonchev–Trinajstić information content (AvgIpc) is 3.19. The molecule has 0 saturated heterocycles. The van der Waals surface area contributed by atoms with Crippen LogP contribution in [0.25, 0.3) is 22.0 Å². The highest BCUT2D eigenvalue weighted by Crippen LogP contribution is 2.24. The Hall–Kier alpha value is -3.74. The predicted octanol–water partition coefficient (Wildman–Crippen LogP) is 4.09. The van der Waals surface area contributed by atoms with Gasteiger partial charge in [0, 0.05) is 60.3 Å². The zero-order chi connectivity index (χ0) is 21.1. The highest BCUT2D eigenvalue weighted by molar-refractivity contribution is 5.98. The van der Waals surface area contributed by atoms with Crippen LogP contribution in [0.15, 0.2) is 61.1 Å². The second kappa shape index (κ2) is 8.32. The molecule has 4 rings (SSSR count). The molecule has 1 aromatic carbocycles. The number of pyridine rings is 2. The van der Waals surface area contributed by atoms with E-state index in [2.05, 4.69) is 15.0 Å². The first-order valence-corrected chi connectivity index (χ1v) is 9.53. The summed E-state index contributed by atoms with van der Waals surface area (Å²) in [5.74, 6) is 0.0363. The van der Waals surface area contributed by atoms with Gasteiger partial charge in [0.25, 0.3) is 5.91 Å². The van der Waals surface area contributed by atoms with Gasteiger partial charge in [0.15, 0.2) is 0 Å². The number of aromatic amines is 1. The summed E-state index contributed by atoms with van der Waals surface area (Å²) in [6.45, 7) is 0.471. The minimum atomic E-state index is -0.279. The molecule has 4 aromatic rings. The number of benzene rings is 1. The van der Waals surface area contributed by atoms with Gasteiger partial charge in [-0.1, -0.05) is 6.07 Å². The second-order valence-electron chi connectivity index (χ2n) is 6.97. The number of methoxy groups -OCH3 is 1. The van der Waals surface area contributed by atoms with Crippen molar-refractivity contribution in [2.24, 2.45) is 0 Å². The topological polar surface area (TPSA) is 71.1 Å². The lowest BCUT2D eigenvalue weighted by Gasteiger charge is -2.18. The lowest BCUT2D eigenvalue weighted by molar-refractivity contribution is 0.0792. The second-order valence-corrected chi connectivity index (χ2v) is 6.97. The Morgan fingerprint density at radius 1 is 1.20 bits per heavy atom. The first kappa shape index (κ1) is 19.6. The van der Waals surface area contributed by atoms with Gasteiger partial charge in [0.05, 0.1) is 7.11 Å². The van der Waals surface area contributed by atoms with Gasteiger partial charge < -0.3 is 14.6 Å². The molecule has 0 aliphatic carbocycles. The van der Waals surface area contributed by atoms with E-state index in [9.17, 15) is 9.18 Å². The van der Waals surface area contributed by atoms with Crippen molar-refractivity contribution in [3.63, 3.8) is 0 Å². The normalized spacial score (nSPS) is 10.9. The SMILES string of the molecule is COc1ccc(-c2cccnc2C(=O)N(C)CCc2c[nH]c3ccc(F)cc23)cn1. The van der Waals surface area contributed by atoms with Crippen LogP contribution in [0.1, 0.15) is 16.1 Å². The monoisotopic (exact) mass is 404 g/mol. The molecule has 0 spiro atoms. The maximum absolute atomic E-state index is 13.6. The smallest absolute Gasteiger partial charge is 0.272 e. The molecule has 0 radical (unpaired) electrons. The van der Waals surface area contributed by atoms with E-state index in [-0.39, 0.29) is 11.7 Å². The fourth-order valence-corrected chi connectivity index (χ4v) is 3.40. The molecular weight excluding hydrogens is 383 g/mol. The van der Waals surface area contributed by atoms with Crippen molar-refractivity contribution in [2.45, 2.75) is 6.42 Å². The molecule has 152 valence electrons. The lowest BCUT2D eigenvalue weighted by atomic mass is 10.0. The number of ether oxygens (including phenoxy) is 1. The van der Waals surface area contributed by atoms with Gasteiger partial charge in [-0.15, -0.1) is 0 Å². The lowest BCUT2D eigenvalue weighted by Crippen LogP contribution is -2.30. The Labute approximate surface area is 173 Å². The van der Waals surface area contributed by atoms with E-state index in [0.717, 1.165) is 22.0 Å². The van der Waals surface area contributed by atoms with Crippen LogP contribution in [0.4, 0.5) is 4.39 Å². The third-order valence-corrected chi connectivity index (χ3v) is 5.06. The fraction of sp³-hybridized carbons (Fsp3) is 0.174. The highest BCUT2D eigenvalue weighted by atomic mass is 19.1. The molecule has 0 aliphatic rings. The van der Waals surface area contributed by atoms with Crippen LogP contribution >= 0.6 is 0 Å². The zero-order valence-electron chi connectivity index (χ0n) is 16.7. The molecular formula is C23H21FN4O2. The Balaban J connectivity index is 1.53. The van der Waals surface area contributed by atoms with E-state index < -0.39 is 0 Å². The number of halogens is 1. The standard InChI is InChI=1S/C23H21FN4O2/c1-28(11-9-16-13-26-20-7-6-17(24)12-19(16)20)23(29)22-18(4-3-10-25-22)15-5-8-21(30-2)27-14-15/h3-8,10,12-14,26H,9,11H2,1-2H3. The van der Waals surface area contributed by atoms with Crippen molar-refractivity contribution in [1.82, 2.24) is 19.9 Å². The number of carbonyl (C=O) groups is 1. The number of aromatic nitrogens is 3. The molecule has 1 N–H and O–H groups in total. The van der Waals surface area contributed by atoms with E-state index in [4.69, 9.17) is 4.74 Å². The van der Waals surface area contributed by atoms with Crippen LogP contribution in [0.3, 0.4) is 0 Å². The van der Waals surface area contributed by atoms with E-state index in [0.29, 0.717) is 30.1 Å². The largest absolute Gasteiger partial charge is 0.481 e. The van der Waals surface area contributed by atoms with Crippen molar-refractivity contribution in [1.29, 1.82) is 0 Å². The number of fused-ring (bicyclic) bond motifs is 1. The third kappa shape index (κ3) is 3.87. The first-order chi connectivity index (χ1) is 14.6. The van der Waals surface area contributed by atoms with Gasteiger partial charge in [-0.2, -0.15) is 0 Å². The quantitative estimate of drug-likeness (QED) is 0.526. The van der Waals surface area contributed by atoms with Gasteiger partial charge in [-0.3, -0.25) is 9.78 Å². The number of carbonyl (C=O) groups excluding carboxylic acids is 1. The molecule has 0 fully saturated rings. The maximum Gasteiger partial charge on any atom is 0.272 e. The fourth-order valence-electron chi connectivity index (χ4n) is 3.40. The Kier molecular flexibility index (Phi) is 5.43. The molecule has 3 heterocycles. The number of nitrogens with zero attached hydrogens (tertiary/aromatic N) is 3. The molecule has 6 nitrogen and oxygen atoms in total. The molecule has 0 aliphatic heterocycles. The minimum absolute atomic E-state index is 0.188. The number of hydrogen-bond donors (Lipinski definition) is 1. The van der Waals surface area contributed by atoms with Gasteiger partial charge in [-0.05, 0) is 42.3 Å². The van der Waals surface area contributed by atoms with E-state index in [1.807, 2.05) is 18.3 Å². The molecule has 30 heavy (non-hydrogen) atoms. The summed E-state index contributed by atoms with van der Waals surface area (Å²) < 4.78 is 18.7. The number of hydrogen-bond acceptors (Lipinski definition) is 4. The number of amides is 1. The van der Waals surface area contributed by atoms with Gasteiger partial charge in [0.1, 0.15) is 11.5 Å². The average molecular weight is 404 g/mol. The summed E-state index contributed by atoms with van der Waals surface area (Å²) in [7, 11) is 3.29. The Morgan fingerprint density at radius 3 is 2.83 bits per heavy atom. The molecule has 0 saturated carbocycles. The van der Waals surface area contributed by atoms with Crippen LogP contribution in [-0.2, 0) is 6.42 Å². The van der Waals surface area contributed by atoms with E-state index >= 15 is 0 Å². The number of rotatable bonds is 6. The van der Waals surface area contributed by atoms with Crippen LogP contribution < -0.4 is 4.74 Å². The van der Waals surface area contributed by atoms with E-state index in [1.165, 1.54) is 12.1 Å². The van der Waals surface area contributed by atoms with Crippen molar-refractivity contribution < 1.29 is 13.9 Å². The number of likely N-dealkylation sites (N-methyl/N-ethyl adjacent to an activating group) is 1. The molecule has 0 bridgehead atoms. The molecule has 3 aromatic heterocycles. The predicted molar refractivity (Wildman–Crippen MR) is 113 cm³/mol. The molecule has 7 heteroatoms. The van der Waals surface area contributed by atoms with Crippen molar-refractivity contribution in [2.75, 3.05) is 20.7 Å². The summed E-state index contributed by atoms with van der Waals surface area (Å²) in [5, 5.41) is 0.832. The molecule has 1 amide bonds. The van der Waals surface area contributed by atoms with Crippen LogP contribution in [-0.4, -0.2) is 46.5 Å². The van der Waals surface area contributed by atoms with Crippen LogP contribution in [0.5, 0.6) is 5.88 Å². The summed E-state index contributed by atoms with van der Waals surface area (Å²) in [6.07, 6.45) is 5.71. The van der Waals surface area contributed by atoms with Crippen molar-refractivity contribution in [3.8, 4) is 17.0 Å². The summed E-state index contributed by atoms with van der Waals surface area (Å²) in [6, 6.07) is 11.9. The maximum atomic E-state index is 13.6. The highest BCUT2D eigenvalue weighted by Gasteiger charge is 2.19. The summed E-state index contributed by atoms with van der Waals surface area (Å²) >= 11 is 0.